The zero-order chi connectivity index (χ0) is 12.8. The Morgan fingerprint density at radius 3 is 2.78 bits per heavy atom. The highest BCUT2D eigenvalue weighted by Gasteiger charge is 2.00. The van der Waals surface area contributed by atoms with Crippen LogP contribution in [0.5, 0.6) is 0 Å². The molecular formula is C12H15N5O. The van der Waals surface area contributed by atoms with E-state index in [1.54, 1.807) is 6.07 Å². The second kappa shape index (κ2) is 5.81. The molecule has 0 aliphatic rings. The molecule has 0 aromatic carbocycles. The highest BCUT2D eigenvalue weighted by Crippen LogP contribution is 2.09. The molecule has 2 rings (SSSR count). The number of carbonyl (C=O) groups is 1. The minimum absolute atomic E-state index is 0.0644. The van der Waals surface area contributed by atoms with Gasteiger partial charge in [-0.15, -0.1) is 0 Å². The van der Waals surface area contributed by atoms with Gasteiger partial charge in [-0.05, 0) is 19.1 Å². The van der Waals surface area contributed by atoms with Gasteiger partial charge in [0.1, 0.15) is 23.7 Å². The number of hydrogen-bond acceptors (Lipinski definition) is 5. The molecule has 0 fully saturated rings. The summed E-state index contributed by atoms with van der Waals surface area (Å²) in [5.74, 6) is 1.41. The molecule has 18 heavy (non-hydrogen) atoms. The summed E-state index contributed by atoms with van der Waals surface area (Å²) in [6.07, 6.45) is 3.33. The van der Waals surface area contributed by atoms with Gasteiger partial charge >= 0.3 is 0 Å². The van der Waals surface area contributed by atoms with E-state index in [0.717, 1.165) is 5.69 Å². The Morgan fingerprint density at radius 1 is 1.33 bits per heavy atom. The van der Waals surface area contributed by atoms with Crippen LogP contribution in [-0.4, -0.2) is 27.3 Å². The van der Waals surface area contributed by atoms with E-state index in [9.17, 15) is 4.79 Å². The fraction of sp³-hybridized carbons (Fsp3) is 0.250. The summed E-state index contributed by atoms with van der Waals surface area (Å²) < 4.78 is 0. The number of nitrogens with one attached hydrogen (secondary N) is 3. The maximum absolute atomic E-state index is 10.9. The van der Waals surface area contributed by atoms with Crippen LogP contribution in [0.2, 0.25) is 0 Å². The third-order valence-electron chi connectivity index (χ3n) is 2.31. The number of Topliss-reactive ketones (excluding diaryl/α,β-unsaturated/α-hetero) is 1. The predicted octanol–water partition coefficient (Wildman–Crippen LogP) is 1.42. The number of ketones is 1. The van der Waals surface area contributed by atoms with Crippen LogP contribution in [0.3, 0.4) is 0 Å². The SMILES string of the molecule is CC(=O)CNc1cc(NCc2ccc[nH]2)ncn1. The van der Waals surface area contributed by atoms with Crippen molar-refractivity contribution in [2.45, 2.75) is 13.5 Å². The van der Waals surface area contributed by atoms with Gasteiger partial charge in [-0.25, -0.2) is 9.97 Å². The molecule has 0 atom stereocenters. The molecule has 3 N–H and O–H groups in total. The second-order valence-corrected chi connectivity index (χ2v) is 3.89. The third-order valence-corrected chi connectivity index (χ3v) is 2.31. The molecule has 0 spiro atoms. The number of aromatic nitrogens is 3. The molecule has 0 aliphatic heterocycles. The molecule has 2 aromatic heterocycles. The Morgan fingerprint density at radius 2 is 2.11 bits per heavy atom. The molecule has 0 bridgehead atoms. The van der Waals surface area contributed by atoms with Gasteiger partial charge in [0.2, 0.25) is 0 Å². The molecule has 0 radical (unpaired) electrons. The quantitative estimate of drug-likeness (QED) is 0.717. The fourth-order valence-corrected chi connectivity index (χ4v) is 1.43. The lowest BCUT2D eigenvalue weighted by molar-refractivity contribution is -0.115. The van der Waals surface area contributed by atoms with Crippen LogP contribution in [0, 0.1) is 0 Å². The van der Waals surface area contributed by atoms with E-state index in [0.29, 0.717) is 18.2 Å². The molecule has 2 aromatic rings. The van der Waals surface area contributed by atoms with E-state index >= 15 is 0 Å². The lowest BCUT2D eigenvalue weighted by Gasteiger charge is -2.06. The number of hydrogen-bond donors (Lipinski definition) is 3. The molecule has 0 unspecified atom stereocenters. The third kappa shape index (κ3) is 3.58. The summed E-state index contributed by atoms with van der Waals surface area (Å²) in [4.78, 5) is 22.1. The first-order valence-corrected chi connectivity index (χ1v) is 5.65. The zero-order valence-corrected chi connectivity index (χ0v) is 10.1. The average Bonchev–Trinajstić information content (AvgIpc) is 2.87. The van der Waals surface area contributed by atoms with Gasteiger partial charge in [0, 0.05) is 18.0 Å². The van der Waals surface area contributed by atoms with Crippen LogP contribution < -0.4 is 10.6 Å². The first kappa shape index (κ1) is 12.1. The number of rotatable bonds is 6. The van der Waals surface area contributed by atoms with Crippen molar-refractivity contribution in [3.05, 3.63) is 36.4 Å². The lowest BCUT2D eigenvalue weighted by atomic mass is 10.4. The zero-order valence-electron chi connectivity index (χ0n) is 10.1. The maximum atomic E-state index is 10.9. The molecule has 6 heteroatoms. The Balaban J connectivity index is 1.92. The van der Waals surface area contributed by atoms with Crippen molar-refractivity contribution in [1.29, 1.82) is 0 Å². The number of aromatic amines is 1. The Kier molecular flexibility index (Phi) is 3.90. The van der Waals surface area contributed by atoms with Crippen LogP contribution in [0.15, 0.2) is 30.7 Å². The van der Waals surface area contributed by atoms with Crippen molar-refractivity contribution in [2.75, 3.05) is 17.2 Å². The lowest BCUT2D eigenvalue weighted by Crippen LogP contribution is -2.11. The minimum Gasteiger partial charge on any atom is -0.364 e. The van der Waals surface area contributed by atoms with Crippen LogP contribution in [0.4, 0.5) is 11.6 Å². The second-order valence-electron chi connectivity index (χ2n) is 3.89. The van der Waals surface area contributed by atoms with Crippen molar-refractivity contribution in [1.82, 2.24) is 15.0 Å². The predicted molar refractivity (Wildman–Crippen MR) is 69.3 cm³/mol. The maximum Gasteiger partial charge on any atom is 0.148 e. The van der Waals surface area contributed by atoms with Gasteiger partial charge in [-0.3, -0.25) is 4.79 Å². The summed E-state index contributed by atoms with van der Waals surface area (Å²) in [5, 5.41) is 6.10. The average molecular weight is 245 g/mol. The molecule has 0 saturated carbocycles. The van der Waals surface area contributed by atoms with E-state index in [4.69, 9.17) is 0 Å². The van der Waals surface area contributed by atoms with Gasteiger partial charge in [-0.1, -0.05) is 0 Å². The fourth-order valence-electron chi connectivity index (χ4n) is 1.43. The first-order valence-electron chi connectivity index (χ1n) is 5.65. The molecule has 6 nitrogen and oxygen atoms in total. The highest BCUT2D eigenvalue weighted by molar-refractivity contribution is 5.80. The van der Waals surface area contributed by atoms with Gasteiger partial charge in [0.25, 0.3) is 0 Å². The van der Waals surface area contributed by atoms with Gasteiger partial charge in [-0.2, -0.15) is 0 Å². The van der Waals surface area contributed by atoms with Crippen LogP contribution in [0.25, 0.3) is 0 Å². The summed E-state index contributed by atoms with van der Waals surface area (Å²) in [5.41, 5.74) is 1.08. The van der Waals surface area contributed by atoms with Gasteiger partial charge < -0.3 is 15.6 Å². The summed E-state index contributed by atoms with van der Waals surface area (Å²) in [6.45, 7) is 2.46. The van der Waals surface area contributed by atoms with Crippen molar-refractivity contribution < 1.29 is 4.79 Å². The van der Waals surface area contributed by atoms with Gasteiger partial charge in [0.15, 0.2) is 0 Å². The Hall–Kier alpha value is -2.37. The largest absolute Gasteiger partial charge is 0.364 e. The van der Waals surface area contributed by atoms with E-state index in [-0.39, 0.29) is 12.3 Å². The van der Waals surface area contributed by atoms with Crippen molar-refractivity contribution in [3.8, 4) is 0 Å². The molecule has 0 amide bonds. The van der Waals surface area contributed by atoms with E-state index in [1.165, 1.54) is 13.3 Å². The Labute approximate surface area is 105 Å². The summed E-state index contributed by atoms with van der Waals surface area (Å²) in [6, 6.07) is 5.70. The summed E-state index contributed by atoms with van der Waals surface area (Å²) in [7, 11) is 0. The van der Waals surface area contributed by atoms with Crippen molar-refractivity contribution in [2.24, 2.45) is 0 Å². The van der Waals surface area contributed by atoms with Crippen LogP contribution >= 0.6 is 0 Å². The summed E-state index contributed by atoms with van der Waals surface area (Å²) >= 11 is 0. The molecule has 0 aliphatic carbocycles. The van der Waals surface area contributed by atoms with Crippen molar-refractivity contribution >= 4 is 17.4 Å². The van der Waals surface area contributed by atoms with E-state index in [2.05, 4.69) is 25.6 Å². The number of H-pyrrole nitrogens is 1. The van der Waals surface area contributed by atoms with E-state index in [1.807, 2.05) is 18.3 Å². The highest BCUT2D eigenvalue weighted by atomic mass is 16.1. The molecule has 2 heterocycles. The number of anilines is 2. The molecule has 0 saturated heterocycles. The smallest absolute Gasteiger partial charge is 0.148 e. The van der Waals surface area contributed by atoms with Crippen LogP contribution in [0.1, 0.15) is 12.6 Å². The molecule has 94 valence electrons. The number of nitrogens with zero attached hydrogens (tertiary/aromatic N) is 2. The van der Waals surface area contributed by atoms with E-state index < -0.39 is 0 Å². The monoisotopic (exact) mass is 245 g/mol. The number of carbonyl (C=O) groups excluding carboxylic acids is 1. The van der Waals surface area contributed by atoms with Crippen LogP contribution in [-0.2, 0) is 11.3 Å². The van der Waals surface area contributed by atoms with Gasteiger partial charge in [0.05, 0.1) is 13.1 Å². The first-order chi connectivity index (χ1) is 8.74. The standard InChI is InChI=1S/C12H15N5O/c1-9(18)6-14-11-5-12(17-8-16-11)15-7-10-3-2-4-13-10/h2-5,8,13H,6-7H2,1H3,(H2,14,15,16,17). The topological polar surface area (TPSA) is 82.7 Å². The normalized spacial score (nSPS) is 10.1. The Bertz CT molecular complexity index is 509. The molecular weight excluding hydrogens is 230 g/mol. The minimum atomic E-state index is 0.0644. The van der Waals surface area contributed by atoms with Crippen molar-refractivity contribution in [3.63, 3.8) is 0 Å².